The van der Waals surface area contributed by atoms with Crippen LogP contribution in [0.3, 0.4) is 0 Å². The summed E-state index contributed by atoms with van der Waals surface area (Å²) < 4.78 is 1.97. The van der Waals surface area contributed by atoms with Crippen LogP contribution in [0.4, 0.5) is 10.5 Å². The fourth-order valence-electron chi connectivity index (χ4n) is 4.20. The molecule has 148 valence electrons. The van der Waals surface area contributed by atoms with Crippen LogP contribution in [0.1, 0.15) is 35.7 Å². The molecule has 0 unspecified atom stereocenters. The number of amides is 2. The zero-order valence-electron chi connectivity index (χ0n) is 16.2. The van der Waals surface area contributed by atoms with Crippen LogP contribution in [-0.4, -0.2) is 33.9 Å². The number of carbonyl (C=O) groups excluding carboxylic acids is 1. The fourth-order valence-corrected chi connectivity index (χ4v) is 4.20. The first kappa shape index (κ1) is 17.9. The molecule has 3 heterocycles. The molecular weight excluding hydrogens is 364 g/mol. The molecular formula is C22H24N6O. The average molecular weight is 388 g/mol. The second kappa shape index (κ2) is 7.67. The number of aromatic nitrogens is 3. The Balaban J connectivity index is 1.28. The highest BCUT2D eigenvalue weighted by Gasteiger charge is 2.25. The SMILES string of the molecule is O=C1NCCN1c1ccc(CN[C@H]2CCCc3c2cnn3-c2ccccn2)cc1. The molecule has 2 aromatic heterocycles. The molecule has 2 aliphatic rings. The number of fused-ring (bicyclic) bond motifs is 1. The molecule has 1 aliphatic carbocycles. The van der Waals surface area contributed by atoms with Crippen LogP contribution < -0.4 is 15.5 Å². The largest absolute Gasteiger partial charge is 0.336 e. The van der Waals surface area contributed by atoms with E-state index >= 15 is 0 Å². The average Bonchev–Trinajstić information content (AvgIpc) is 3.40. The molecule has 5 rings (SSSR count). The molecule has 0 radical (unpaired) electrons. The van der Waals surface area contributed by atoms with Crippen LogP contribution in [0, 0.1) is 0 Å². The van der Waals surface area contributed by atoms with E-state index in [1.807, 2.05) is 41.2 Å². The molecule has 3 aromatic rings. The Labute approximate surface area is 169 Å². The number of hydrogen-bond donors (Lipinski definition) is 2. The number of benzene rings is 1. The van der Waals surface area contributed by atoms with Gasteiger partial charge in [0.25, 0.3) is 0 Å². The van der Waals surface area contributed by atoms with Crippen molar-refractivity contribution in [2.45, 2.75) is 31.8 Å². The van der Waals surface area contributed by atoms with E-state index in [1.54, 1.807) is 11.1 Å². The van der Waals surface area contributed by atoms with Crippen LogP contribution in [0.2, 0.25) is 0 Å². The Kier molecular flexibility index (Phi) is 4.73. The van der Waals surface area contributed by atoms with Gasteiger partial charge in [-0.15, -0.1) is 0 Å². The van der Waals surface area contributed by atoms with Crippen molar-refractivity contribution < 1.29 is 4.79 Å². The molecule has 1 fully saturated rings. The van der Waals surface area contributed by atoms with Gasteiger partial charge in [0.05, 0.1) is 11.9 Å². The van der Waals surface area contributed by atoms with E-state index in [0.29, 0.717) is 12.6 Å². The van der Waals surface area contributed by atoms with Crippen molar-refractivity contribution in [1.29, 1.82) is 0 Å². The van der Waals surface area contributed by atoms with Gasteiger partial charge in [0.1, 0.15) is 0 Å². The van der Waals surface area contributed by atoms with Gasteiger partial charge in [-0.2, -0.15) is 5.10 Å². The summed E-state index contributed by atoms with van der Waals surface area (Å²) >= 11 is 0. The minimum Gasteiger partial charge on any atom is -0.336 e. The van der Waals surface area contributed by atoms with E-state index in [2.05, 4.69) is 32.8 Å². The molecule has 1 atom stereocenters. The Morgan fingerprint density at radius 2 is 2.07 bits per heavy atom. The van der Waals surface area contributed by atoms with Gasteiger partial charge >= 0.3 is 6.03 Å². The summed E-state index contributed by atoms with van der Waals surface area (Å²) in [4.78, 5) is 18.0. The highest BCUT2D eigenvalue weighted by atomic mass is 16.2. The van der Waals surface area contributed by atoms with Crippen molar-refractivity contribution in [1.82, 2.24) is 25.4 Å². The minimum atomic E-state index is -0.0180. The standard InChI is InChI=1S/C22H24N6O/c29-22-24-12-13-27(22)17-9-7-16(8-10-17)14-25-19-4-3-5-20-18(19)15-26-28(20)21-6-1-2-11-23-21/h1-2,6-11,15,19,25H,3-5,12-14H2,(H,24,29)/t19-/m0/s1. The quantitative estimate of drug-likeness (QED) is 0.705. The maximum atomic E-state index is 11.8. The molecule has 7 nitrogen and oxygen atoms in total. The monoisotopic (exact) mass is 388 g/mol. The summed E-state index contributed by atoms with van der Waals surface area (Å²) in [5.41, 5.74) is 4.67. The second-order valence-electron chi connectivity index (χ2n) is 7.52. The summed E-state index contributed by atoms with van der Waals surface area (Å²) in [7, 11) is 0. The third-order valence-corrected chi connectivity index (χ3v) is 5.71. The van der Waals surface area contributed by atoms with Gasteiger partial charge in [-0.3, -0.25) is 4.90 Å². The van der Waals surface area contributed by atoms with Gasteiger partial charge in [0.15, 0.2) is 5.82 Å². The normalized spacial score (nSPS) is 18.6. The van der Waals surface area contributed by atoms with E-state index < -0.39 is 0 Å². The van der Waals surface area contributed by atoms with Crippen molar-refractivity contribution >= 4 is 11.7 Å². The highest BCUT2D eigenvalue weighted by Crippen LogP contribution is 2.31. The lowest BCUT2D eigenvalue weighted by atomic mass is 9.92. The van der Waals surface area contributed by atoms with E-state index in [4.69, 9.17) is 0 Å². The van der Waals surface area contributed by atoms with E-state index in [-0.39, 0.29) is 6.03 Å². The van der Waals surface area contributed by atoms with E-state index in [1.165, 1.54) is 16.8 Å². The Morgan fingerprint density at radius 1 is 1.17 bits per heavy atom. The zero-order chi connectivity index (χ0) is 19.6. The number of hydrogen-bond acceptors (Lipinski definition) is 4. The van der Waals surface area contributed by atoms with Gasteiger partial charge < -0.3 is 10.6 Å². The van der Waals surface area contributed by atoms with Crippen LogP contribution in [0.15, 0.2) is 54.9 Å². The van der Waals surface area contributed by atoms with Crippen LogP contribution in [0.5, 0.6) is 0 Å². The van der Waals surface area contributed by atoms with Gasteiger partial charge in [-0.05, 0) is 49.1 Å². The number of carbonyl (C=O) groups is 1. The first-order chi connectivity index (χ1) is 14.3. The molecule has 29 heavy (non-hydrogen) atoms. The zero-order valence-corrected chi connectivity index (χ0v) is 16.2. The minimum absolute atomic E-state index is 0.0180. The summed E-state index contributed by atoms with van der Waals surface area (Å²) in [5, 5.41) is 11.1. The number of anilines is 1. The third-order valence-electron chi connectivity index (χ3n) is 5.71. The Morgan fingerprint density at radius 3 is 2.83 bits per heavy atom. The lowest BCUT2D eigenvalue weighted by Crippen LogP contribution is -2.27. The lowest BCUT2D eigenvalue weighted by molar-refractivity contribution is 0.252. The summed E-state index contributed by atoms with van der Waals surface area (Å²) in [5.74, 6) is 0.871. The Hall–Kier alpha value is -3.19. The molecule has 0 bridgehead atoms. The smallest absolute Gasteiger partial charge is 0.321 e. The van der Waals surface area contributed by atoms with Crippen molar-refractivity contribution in [3.63, 3.8) is 0 Å². The summed E-state index contributed by atoms with van der Waals surface area (Å²) in [6.45, 7) is 2.21. The number of rotatable bonds is 5. The maximum Gasteiger partial charge on any atom is 0.321 e. The van der Waals surface area contributed by atoms with Crippen molar-refractivity contribution in [2.75, 3.05) is 18.0 Å². The van der Waals surface area contributed by atoms with E-state index in [9.17, 15) is 4.79 Å². The van der Waals surface area contributed by atoms with Gasteiger partial charge in [-0.1, -0.05) is 18.2 Å². The Bertz CT molecular complexity index is 998. The molecule has 1 aliphatic heterocycles. The van der Waals surface area contributed by atoms with Crippen molar-refractivity contribution in [3.8, 4) is 5.82 Å². The van der Waals surface area contributed by atoms with Crippen molar-refractivity contribution in [3.05, 3.63) is 71.7 Å². The van der Waals surface area contributed by atoms with E-state index in [0.717, 1.165) is 43.9 Å². The van der Waals surface area contributed by atoms with Crippen LogP contribution in [-0.2, 0) is 13.0 Å². The van der Waals surface area contributed by atoms with Crippen molar-refractivity contribution in [2.24, 2.45) is 0 Å². The van der Waals surface area contributed by atoms with Gasteiger partial charge in [0, 0.05) is 43.1 Å². The third kappa shape index (κ3) is 3.49. The molecule has 0 saturated carbocycles. The number of urea groups is 1. The summed E-state index contributed by atoms with van der Waals surface area (Å²) in [6, 6.07) is 14.4. The first-order valence-electron chi connectivity index (χ1n) is 10.2. The van der Waals surface area contributed by atoms with Gasteiger partial charge in [-0.25, -0.2) is 14.5 Å². The number of nitrogens with zero attached hydrogens (tertiary/aromatic N) is 4. The summed E-state index contributed by atoms with van der Waals surface area (Å²) in [6.07, 6.45) is 7.04. The van der Waals surface area contributed by atoms with Crippen LogP contribution in [0.25, 0.3) is 5.82 Å². The lowest BCUT2D eigenvalue weighted by Gasteiger charge is -2.24. The second-order valence-corrected chi connectivity index (χ2v) is 7.52. The fraction of sp³-hybridized carbons (Fsp3) is 0.318. The first-order valence-corrected chi connectivity index (χ1v) is 10.2. The molecule has 1 aromatic carbocycles. The molecule has 7 heteroatoms. The van der Waals surface area contributed by atoms with Gasteiger partial charge in [0.2, 0.25) is 0 Å². The number of nitrogens with one attached hydrogen (secondary N) is 2. The topological polar surface area (TPSA) is 75.1 Å². The predicted octanol–water partition coefficient (Wildman–Crippen LogP) is 2.96. The maximum absolute atomic E-state index is 11.8. The highest BCUT2D eigenvalue weighted by molar-refractivity contribution is 5.93. The molecule has 0 spiro atoms. The predicted molar refractivity (Wildman–Crippen MR) is 111 cm³/mol. The van der Waals surface area contributed by atoms with Crippen LogP contribution >= 0.6 is 0 Å². The molecule has 2 amide bonds. The molecule has 2 N–H and O–H groups in total. The number of pyridine rings is 1. The molecule has 1 saturated heterocycles.